The lowest BCUT2D eigenvalue weighted by molar-refractivity contribution is -0.119. The molecule has 0 aromatic heterocycles. The Labute approximate surface area is 131 Å². The van der Waals surface area contributed by atoms with E-state index in [0.717, 1.165) is 4.90 Å². The van der Waals surface area contributed by atoms with E-state index in [1.165, 1.54) is 11.8 Å². The van der Waals surface area contributed by atoms with Gasteiger partial charge in [0, 0.05) is 15.5 Å². The third kappa shape index (κ3) is 5.13. The van der Waals surface area contributed by atoms with Gasteiger partial charge in [-0.15, -0.1) is 11.8 Å². The molecule has 2 rings (SSSR count). The van der Waals surface area contributed by atoms with E-state index in [-0.39, 0.29) is 17.6 Å². The Balaban J connectivity index is 1.75. The lowest BCUT2D eigenvalue weighted by atomic mass is 10.2. The van der Waals surface area contributed by atoms with E-state index in [1.807, 2.05) is 18.2 Å². The molecule has 2 N–H and O–H groups in total. The van der Waals surface area contributed by atoms with Crippen LogP contribution in [0.1, 0.15) is 10.4 Å². The van der Waals surface area contributed by atoms with Crippen LogP contribution in [0.15, 0.2) is 59.5 Å². The molecule has 2 amide bonds. The van der Waals surface area contributed by atoms with E-state index in [2.05, 4.69) is 10.9 Å². The molecule has 0 unspecified atom stereocenters. The molecule has 2 aromatic carbocycles. The first-order valence-electron chi connectivity index (χ1n) is 6.18. The van der Waals surface area contributed by atoms with E-state index in [1.54, 1.807) is 36.4 Å². The van der Waals surface area contributed by atoms with Crippen molar-refractivity contribution in [2.24, 2.45) is 0 Å². The fraction of sp³-hybridized carbons (Fsp3) is 0.0667. The second-order valence-corrected chi connectivity index (χ2v) is 5.60. The Bertz CT molecular complexity index is 617. The van der Waals surface area contributed by atoms with Crippen LogP contribution in [0.5, 0.6) is 0 Å². The highest BCUT2D eigenvalue weighted by molar-refractivity contribution is 8.00. The van der Waals surface area contributed by atoms with Crippen LogP contribution < -0.4 is 10.9 Å². The molecule has 0 spiro atoms. The summed E-state index contributed by atoms with van der Waals surface area (Å²) in [5, 5.41) is 0.652. The van der Waals surface area contributed by atoms with Gasteiger partial charge < -0.3 is 0 Å². The predicted molar refractivity (Wildman–Crippen MR) is 84.2 cm³/mol. The Morgan fingerprint density at radius 2 is 1.62 bits per heavy atom. The minimum Gasteiger partial charge on any atom is -0.272 e. The highest BCUT2D eigenvalue weighted by atomic mass is 35.5. The summed E-state index contributed by atoms with van der Waals surface area (Å²) in [6.07, 6.45) is 0. The fourth-order valence-corrected chi connectivity index (χ4v) is 2.33. The Morgan fingerprint density at radius 3 is 2.29 bits per heavy atom. The van der Waals surface area contributed by atoms with Crippen LogP contribution in [0.3, 0.4) is 0 Å². The largest absolute Gasteiger partial charge is 0.272 e. The molecule has 0 aliphatic rings. The van der Waals surface area contributed by atoms with Crippen molar-refractivity contribution in [1.82, 2.24) is 10.9 Å². The molecule has 0 saturated heterocycles. The van der Waals surface area contributed by atoms with Crippen molar-refractivity contribution in [1.29, 1.82) is 0 Å². The maximum atomic E-state index is 11.7. The molecule has 4 nitrogen and oxygen atoms in total. The third-order valence-corrected chi connectivity index (χ3v) is 3.80. The Morgan fingerprint density at radius 1 is 0.952 bits per heavy atom. The number of hydrogen-bond donors (Lipinski definition) is 2. The van der Waals surface area contributed by atoms with E-state index >= 15 is 0 Å². The normalized spacial score (nSPS) is 9.95. The molecule has 0 aliphatic carbocycles. The number of halogens is 1. The molecule has 108 valence electrons. The van der Waals surface area contributed by atoms with Crippen LogP contribution in [0.25, 0.3) is 0 Å². The van der Waals surface area contributed by atoms with Crippen molar-refractivity contribution in [2.45, 2.75) is 4.90 Å². The number of hydrogen-bond acceptors (Lipinski definition) is 3. The highest BCUT2D eigenvalue weighted by Crippen LogP contribution is 2.19. The molecule has 0 saturated carbocycles. The number of carbonyl (C=O) groups is 2. The molecule has 0 radical (unpaired) electrons. The van der Waals surface area contributed by atoms with E-state index in [9.17, 15) is 9.59 Å². The smallest absolute Gasteiger partial charge is 0.269 e. The van der Waals surface area contributed by atoms with Gasteiger partial charge >= 0.3 is 0 Å². The average Bonchev–Trinajstić information content (AvgIpc) is 2.53. The second-order valence-electron chi connectivity index (χ2n) is 4.11. The van der Waals surface area contributed by atoms with Crippen molar-refractivity contribution in [3.8, 4) is 0 Å². The minimum absolute atomic E-state index is 0.205. The van der Waals surface area contributed by atoms with Crippen LogP contribution in [0.2, 0.25) is 5.02 Å². The summed E-state index contributed by atoms with van der Waals surface area (Å²) in [5.41, 5.74) is 5.24. The number of amides is 2. The summed E-state index contributed by atoms with van der Waals surface area (Å²) < 4.78 is 0. The summed E-state index contributed by atoms with van der Waals surface area (Å²) in [6, 6.07) is 15.9. The van der Waals surface area contributed by atoms with E-state index in [4.69, 9.17) is 11.6 Å². The van der Waals surface area contributed by atoms with Gasteiger partial charge in [-0.25, -0.2) is 0 Å². The van der Waals surface area contributed by atoms with Crippen molar-refractivity contribution in [3.63, 3.8) is 0 Å². The summed E-state index contributed by atoms with van der Waals surface area (Å²) in [4.78, 5) is 24.3. The highest BCUT2D eigenvalue weighted by Gasteiger charge is 2.07. The van der Waals surface area contributed by atoms with Crippen LogP contribution in [0.4, 0.5) is 0 Å². The van der Waals surface area contributed by atoms with Crippen molar-refractivity contribution < 1.29 is 9.59 Å². The number of hydrazine groups is 1. The first kappa shape index (κ1) is 15.4. The van der Waals surface area contributed by atoms with E-state index in [0.29, 0.717) is 10.6 Å². The standard InChI is InChI=1S/C15H13ClN2O2S/c16-12-6-8-13(9-7-12)21-10-14(19)17-18-15(20)11-4-2-1-3-5-11/h1-9H,10H2,(H,17,19)(H,18,20). The first-order chi connectivity index (χ1) is 10.1. The topological polar surface area (TPSA) is 58.2 Å². The molecular formula is C15H13ClN2O2S. The average molecular weight is 321 g/mol. The van der Waals surface area contributed by atoms with Crippen molar-refractivity contribution >= 4 is 35.2 Å². The number of rotatable bonds is 4. The zero-order chi connectivity index (χ0) is 15.1. The number of thioether (sulfide) groups is 1. The molecule has 0 bridgehead atoms. The van der Waals surface area contributed by atoms with Crippen molar-refractivity contribution in [3.05, 3.63) is 65.2 Å². The molecule has 2 aromatic rings. The molecule has 0 atom stereocenters. The third-order valence-electron chi connectivity index (χ3n) is 2.53. The van der Waals surface area contributed by atoms with Gasteiger partial charge in [0.05, 0.1) is 5.75 Å². The summed E-state index contributed by atoms with van der Waals surface area (Å²) in [5.74, 6) is -0.420. The van der Waals surface area contributed by atoms with Gasteiger partial charge in [-0.3, -0.25) is 20.4 Å². The zero-order valence-electron chi connectivity index (χ0n) is 11.0. The summed E-state index contributed by atoms with van der Waals surface area (Å²) in [6.45, 7) is 0. The molecule has 6 heteroatoms. The van der Waals surface area contributed by atoms with Crippen LogP contribution >= 0.6 is 23.4 Å². The van der Waals surface area contributed by atoms with Gasteiger partial charge in [-0.1, -0.05) is 29.8 Å². The van der Waals surface area contributed by atoms with Gasteiger partial charge in [-0.05, 0) is 36.4 Å². The fourth-order valence-electron chi connectivity index (χ4n) is 1.50. The zero-order valence-corrected chi connectivity index (χ0v) is 12.6. The summed E-state index contributed by atoms with van der Waals surface area (Å²) in [7, 11) is 0. The van der Waals surface area contributed by atoms with Crippen LogP contribution in [0, 0.1) is 0 Å². The Hall–Kier alpha value is -1.98. The maximum Gasteiger partial charge on any atom is 0.269 e. The number of nitrogens with one attached hydrogen (secondary N) is 2. The van der Waals surface area contributed by atoms with Gasteiger partial charge in [0.15, 0.2) is 0 Å². The predicted octanol–water partition coefficient (Wildman–Crippen LogP) is 2.89. The lowest BCUT2D eigenvalue weighted by Gasteiger charge is -2.07. The minimum atomic E-state index is -0.347. The monoisotopic (exact) mass is 320 g/mol. The molecule has 21 heavy (non-hydrogen) atoms. The van der Waals surface area contributed by atoms with E-state index < -0.39 is 0 Å². The van der Waals surface area contributed by atoms with Gasteiger partial charge in [-0.2, -0.15) is 0 Å². The SMILES string of the molecule is O=C(CSc1ccc(Cl)cc1)NNC(=O)c1ccccc1. The first-order valence-corrected chi connectivity index (χ1v) is 7.54. The number of benzene rings is 2. The van der Waals surface area contributed by atoms with Crippen LogP contribution in [-0.4, -0.2) is 17.6 Å². The van der Waals surface area contributed by atoms with Gasteiger partial charge in [0.1, 0.15) is 0 Å². The van der Waals surface area contributed by atoms with Crippen LogP contribution in [-0.2, 0) is 4.79 Å². The quantitative estimate of drug-likeness (QED) is 0.672. The molecule has 0 fully saturated rings. The molecule has 0 aliphatic heterocycles. The molecular weight excluding hydrogens is 308 g/mol. The van der Waals surface area contributed by atoms with Crippen molar-refractivity contribution in [2.75, 3.05) is 5.75 Å². The lowest BCUT2D eigenvalue weighted by Crippen LogP contribution is -2.42. The molecule has 0 heterocycles. The van der Waals surface area contributed by atoms with Gasteiger partial charge in [0.25, 0.3) is 5.91 Å². The van der Waals surface area contributed by atoms with Gasteiger partial charge in [0.2, 0.25) is 5.91 Å². The maximum absolute atomic E-state index is 11.7. The Kier molecular flexibility index (Phi) is 5.66. The number of carbonyl (C=O) groups excluding carboxylic acids is 2. The second kappa shape index (κ2) is 7.71. The summed E-state index contributed by atoms with van der Waals surface area (Å²) >= 11 is 7.14.